The summed E-state index contributed by atoms with van der Waals surface area (Å²) >= 11 is 0. The Morgan fingerprint density at radius 3 is 2.92 bits per heavy atom. The normalized spacial score (nSPS) is 23.8. The number of hydrogen-bond donors (Lipinski definition) is 1. The van der Waals surface area contributed by atoms with Crippen LogP contribution in [0.25, 0.3) is 0 Å². The Morgan fingerprint density at radius 2 is 2.08 bits per heavy atom. The summed E-state index contributed by atoms with van der Waals surface area (Å²) in [7, 11) is 1.93. The highest BCUT2D eigenvalue weighted by Crippen LogP contribution is 2.33. The van der Waals surface area contributed by atoms with Gasteiger partial charge in [0.15, 0.2) is 0 Å². The van der Waals surface area contributed by atoms with Crippen molar-refractivity contribution in [2.75, 3.05) is 24.5 Å². The van der Waals surface area contributed by atoms with E-state index >= 15 is 0 Å². The van der Waals surface area contributed by atoms with Crippen molar-refractivity contribution in [3.05, 3.63) is 47.8 Å². The van der Waals surface area contributed by atoms with Crippen LogP contribution in [0.5, 0.6) is 0 Å². The van der Waals surface area contributed by atoms with Gasteiger partial charge in [-0.25, -0.2) is 0 Å². The third-order valence-corrected chi connectivity index (χ3v) is 5.56. The summed E-state index contributed by atoms with van der Waals surface area (Å²) in [4.78, 5) is 15.5. The third-order valence-electron chi connectivity index (χ3n) is 5.56. The van der Waals surface area contributed by atoms with Gasteiger partial charge in [0, 0.05) is 44.5 Å². The Kier molecular flexibility index (Phi) is 4.57. The smallest absolute Gasteiger partial charge is 0.232 e. The minimum Gasteiger partial charge on any atom is -0.315 e. The molecule has 25 heavy (non-hydrogen) atoms. The third kappa shape index (κ3) is 3.21. The molecule has 0 radical (unpaired) electrons. The topological polar surface area (TPSA) is 50.2 Å². The van der Waals surface area contributed by atoms with Crippen LogP contribution >= 0.6 is 0 Å². The predicted molar refractivity (Wildman–Crippen MR) is 98.7 cm³/mol. The molecule has 2 aliphatic heterocycles. The van der Waals surface area contributed by atoms with E-state index in [0.717, 1.165) is 43.7 Å². The fourth-order valence-corrected chi connectivity index (χ4v) is 4.22. The van der Waals surface area contributed by atoms with Gasteiger partial charge in [-0.15, -0.1) is 0 Å². The number of aromatic nitrogens is 2. The number of rotatable bonds is 2. The van der Waals surface area contributed by atoms with Crippen LogP contribution in [-0.2, 0) is 18.3 Å². The molecule has 132 valence electrons. The molecule has 2 atom stereocenters. The molecule has 1 aromatic heterocycles. The van der Waals surface area contributed by atoms with Crippen LogP contribution in [-0.4, -0.2) is 35.3 Å². The molecule has 0 spiro atoms. The average Bonchev–Trinajstić information content (AvgIpc) is 3.24. The van der Waals surface area contributed by atoms with Crippen LogP contribution in [0.1, 0.15) is 36.3 Å². The first-order chi connectivity index (χ1) is 12.2. The Balaban J connectivity index is 1.63. The fraction of sp³-hybridized carbons (Fsp3) is 0.500. The predicted octanol–water partition coefficient (Wildman–Crippen LogP) is 2.48. The first-order valence-corrected chi connectivity index (χ1v) is 9.32. The number of carbonyl (C=O) groups is 1. The lowest BCUT2D eigenvalue weighted by molar-refractivity contribution is -0.122. The van der Waals surface area contributed by atoms with E-state index in [9.17, 15) is 4.79 Å². The number of hydrogen-bond acceptors (Lipinski definition) is 3. The van der Waals surface area contributed by atoms with Gasteiger partial charge in [-0.05, 0) is 36.5 Å². The van der Waals surface area contributed by atoms with Gasteiger partial charge in [-0.3, -0.25) is 9.48 Å². The van der Waals surface area contributed by atoms with Crippen LogP contribution in [0.4, 0.5) is 5.69 Å². The van der Waals surface area contributed by atoms with E-state index in [1.807, 2.05) is 30.2 Å². The standard InChI is InChI=1S/C20H26N4O/c1-23-14-16(11-22-23)17-12-21-13-18(17)20(25)24-10-6-2-3-7-15-8-4-5-9-19(15)24/h4-5,8-9,11,14,17-18,21H,2-3,6-7,10,12-13H2,1H3/t17-,18+/m1/s1. The zero-order valence-corrected chi connectivity index (χ0v) is 14.8. The van der Waals surface area contributed by atoms with E-state index in [0.29, 0.717) is 0 Å². The summed E-state index contributed by atoms with van der Waals surface area (Å²) in [5, 5.41) is 7.71. The molecule has 0 bridgehead atoms. The molecule has 2 aromatic rings. The van der Waals surface area contributed by atoms with Crippen molar-refractivity contribution >= 4 is 11.6 Å². The number of nitrogens with zero attached hydrogens (tertiary/aromatic N) is 3. The second-order valence-corrected chi connectivity index (χ2v) is 7.25. The van der Waals surface area contributed by atoms with E-state index in [-0.39, 0.29) is 17.7 Å². The van der Waals surface area contributed by atoms with Gasteiger partial charge in [-0.1, -0.05) is 24.6 Å². The summed E-state index contributed by atoms with van der Waals surface area (Å²) in [6, 6.07) is 8.41. The van der Waals surface area contributed by atoms with E-state index in [4.69, 9.17) is 0 Å². The Morgan fingerprint density at radius 1 is 1.20 bits per heavy atom. The van der Waals surface area contributed by atoms with Crippen molar-refractivity contribution in [1.29, 1.82) is 0 Å². The molecule has 1 amide bonds. The lowest BCUT2D eigenvalue weighted by Gasteiger charge is -2.31. The highest BCUT2D eigenvalue weighted by molar-refractivity contribution is 5.96. The highest BCUT2D eigenvalue weighted by Gasteiger charge is 2.37. The zero-order chi connectivity index (χ0) is 17.2. The number of nitrogens with one attached hydrogen (secondary N) is 1. The maximum absolute atomic E-state index is 13.5. The molecule has 4 rings (SSSR count). The number of anilines is 1. The van der Waals surface area contributed by atoms with Gasteiger partial charge in [0.1, 0.15) is 0 Å². The molecular weight excluding hydrogens is 312 g/mol. The van der Waals surface area contributed by atoms with Crippen LogP contribution in [0.3, 0.4) is 0 Å². The van der Waals surface area contributed by atoms with Gasteiger partial charge in [0.2, 0.25) is 5.91 Å². The molecule has 1 N–H and O–H groups in total. The molecule has 1 saturated heterocycles. The maximum Gasteiger partial charge on any atom is 0.232 e. The zero-order valence-electron chi connectivity index (χ0n) is 14.8. The van der Waals surface area contributed by atoms with Crippen molar-refractivity contribution in [3.8, 4) is 0 Å². The Labute approximate surface area is 149 Å². The van der Waals surface area contributed by atoms with Crippen molar-refractivity contribution in [1.82, 2.24) is 15.1 Å². The summed E-state index contributed by atoms with van der Waals surface area (Å²) in [6.07, 6.45) is 8.49. The molecule has 0 saturated carbocycles. The molecule has 3 heterocycles. The van der Waals surface area contributed by atoms with Crippen LogP contribution in [0, 0.1) is 5.92 Å². The van der Waals surface area contributed by atoms with Gasteiger partial charge in [-0.2, -0.15) is 5.10 Å². The molecule has 1 aromatic carbocycles. The van der Waals surface area contributed by atoms with Gasteiger partial charge < -0.3 is 10.2 Å². The lowest BCUT2D eigenvalue weighted by atomic mass is 9.89. The van der Waals surface area contributed by atoms with Gasteiger partial charge >= 0.3 is 0 Å². The summed E-state index contributed by atoms with van der Waals surface area (Å²) in [6.45, 7) is 2.42. The van der Waals surface area contributed by atoms with Crippen molar-refractivity contribution in [2.24, 2.45) is 13.0 Å². The van der Waals surface area contributed by atoms with Crippen LogP contribution in [0.15, 0.2) is 36.7 Å². The van der Waals surface area contributed by atoms with Crippen LogP contribution in [0.2, 0.25) is 0 Å². The van der Waals surface area contributed by atoms with Gasteiger partial charge in [0.25, 0.3) is 0 Å². The maximum atomic E-state index is 13.5. The molecule has 0 aliphatic carbocycles. The lowest BCUT2D eigenvalue weighted by Crippen LogP contribution is -2.40. The first kappa shape index (κ1) is 16.3. The molecule has 0 unspecified atom stereocenters. The molecule has 5 heteroatoms. The quantitative estimate of drug-likeness (QED) is 0.915. The number of amides is 1. The Hall–Kier alpha value is -2.14. The number of fused-ring (bicyclic) bond motifs is 1. The molecule has 2 aliphatic rings. The summed E-state index contributed by atoms with van der Waals surface area (Å²) in [5.41, 5.74) is 3.58. The summed E-state index contributed by atoms with van der Waals surface area (Å²) < 4.78 is 1.82. The average molecular weight is 338 g/mol. The number of benzene rings is 1. The number of carbonyl (C=O) groups excluding carboxylic acids is 1. The van der Waals surface area contributed by atoms with Crippen molar-refractivity contribution < 1.29 is 4.79 Å². The van der Waals surface area contributed by atoms with E-state index in [1.54, 1.807) is 0 Å². The summed E-state index contributed by atoms with van der Waals surface area (Å²) in [5.74, 6) is 0.448. The minimum atomic E-state index is -0.0170. The Bertz CT molecular complexity index is 754. The fourth-order valence-electron chi connectivity index (χ4n) is 4.22. The second kappa shape index (κ2) is 7.00. The second-order valence-electron chi connectivity index (χ2n) is 7.25. The van der Waals surface area contributed by atoms with Crippen molar-refractivity contribution in [3.63, 3.8) is 0 Å². The van der Waals surface area contributed by atoms with Gasteiger partial charge in [0.05, 0.1) is 12.1 Å². The number of para-hydroxylation sites is 1. The first-order valence-electron chi connectivity index (χ1n) is 9.32. The molecular formula is C20H26N4O. The SMILES string of the molecule is Cn1cc([C@H]2CNC[C@@H]2C(=O)N2CCCCCc3ccccc32)cn1. The number of aryl methyl sites for hydroxylation is 2. The van der Waals surface area contributed by atoms with Crippen molar-refractivity contribution in [2.45, 2.75) is 31.6 Å². The molecule has 5 nitrogen and oxygen atoms in total. The van der Waals surface area contributed by atoms with E-state index in [2.05, 4.69) is 33.5 Å². The van der Waals surface area contributed by atoms with Crippen LogP contribution < -0.4 is 10.2 Å². The molecule has 1 fully saturated rings. The highest BCUT2D eigenvalue weighted by atomic mass is 16.2. The largest absolute Gasteiger partial charge is 0.315 e. The van der Waals surface area contributed by atoms with E-state index in [1.165, 1.54) is 18.4 Å². The van der Waals surface area contributed by atoms with E-state index < -0.39 is 0 Å². The minimum absolute atomic E-state index is 0.0170. The monoisotopic (exact) mass is 338 g/mol.